The van der Waals surface area contributed by atoms with E-state index in [0.29, 0.717) is 34.1 Å². The van der Waals surface area contributed by atoms with Crippen LogP contribution in [0.3, 0.4) is 0 Å². The van der Waals surface area contributed by atoms with Gasteiger partial charge in [-0.2, -0.15) is 10.5 Å². The van der Waals surface area contributed by atoms with Crippen molar-refractivity contribution in [2.75, 3.05) is 12.4 Å². The summed E-state index contributed by atoms with van der Waals surface area (Å²) in [6.07, 6.45) is 0. The van der Waals surface area contributed by atoms with E-state index in [1.54, 1.807) is 30.3 Å². The number of halogens is 1. The average molecular weight is 298 g/mol. The maximum Gasteiger partial charge on any atom is 0.136 e. The molecule has 2 aromatic carbocycles. The number of hydrogen-bond donors (Lipinski definition) is 1. The molecular formula is C16H12ClN3O. The summed E-state index contributed by atoms with van der Waals surface area (Å²) in [4.78, 5) is 0. The van der Waals surface area contributed by atoms with E-state index in [2.05, 4.69) is 17.5 Å². The molecule has 0 saturated carbocycles. The van der Waals surface area contributed by atoms with E-state index in [4.69, 9.17) is 26.9 Å². The Bertz CT molecular complexity index is 744. The number of rotatable bonds is 4. The highest BCUT2D eigenvalue weighted by Crippen LogP contribution is 2.24. The van der Waals surface area contributed by atoms with Crippen molar-refractivity contribution in [1.29, 1.82) is 10.5 Å². The molecule has 0 atom stereocenters. The lowest BCUT2D eigenvalue weighted by Crippen LogP contribution is -2.01. The molecule has 0 unspecified atom stereocenters. The van der Waals surface area contributed by atoms with Gasteiger partial charge in [-0.1, -0.05) is 17.7 Å². The van der Waals surface area contributed by atoms with Gasteiger partial charge >= 0.3 is 0 Å². The second kappa shape index (κ2) is 6.65. The lowest BCUT2D eigenvalue weighted by atomic mass is 10.1. The lowest BCUT2D eigenvalue weighted by molar-refractivity contribution is 0.413. The molecule has 0 bridgehead atoms. The van der Waals surface area contributed by atoms with Crippen LogP contribution in [0.5, 0.6) is 5.75 Å². The van der Waals surface area contributed by atoms with Crippen molar-refractivity contribution in [3.05, 3.63) is 58.1 Å². The van der Waals surface area contributed by atoms with E-state index in [9.17, 15) is 0 Å². The number of nitrogens with zero attached hydrogens (tertiary/aromatic N) is 2. The monoisotopic (exact) mass is 297 g/mol. The van der Waals surface area contributed by atoms with Crippen LogP contribution in [0.4, 0.5) is 5.69 Å². The Morgan fingerprint density at radius 1 is 1.14 bits per heavy atom. The molecule has 0 amide bonds. The predicted molar refractivity (Wildman–Crippen MR) is 81.2 cm³/mol. The molecule has 0 spiro atoms. The summed E-state index contributed by atoms with van der Waals surface area (Å²) in [5.41, 5.74) is 2.62. The fraction of sp³-hybridized carbons (Fsp3) is 0.125. The Hall–Kier alpha value is -2.69. The van der Waals surface area contributed by atoms with Crippen LogP contribution >= 0.6 is 11.6 Å². The lowest BCUT2D eigenvalue weighted by Gasteiger charge is -2.10. The highest BCUT2D eigenvalue weighted by atomic mass is 35.5. The zero-order chi connectivity index (χ0) is 15.2. The van der Waals surface area contributed by atoms with Gasteiger partial charge in [0.25, 0.3) is 0 Å². The van der Waals surface area contributed by atoms with Gasteiger partial charge in [0.15, 0.2) is 0 Å². The Morgan fingerprint density at radius 3 is 2.62 bits per heavy atom. The normalized spacial score (nSPS) is 9.52. The molecule has 2 rings (SSSR count). The standard InChI is InChI=1S/C16H12ClN3O/c1-21-16-5-3-12(6-13(16)9-19)10-20-15-7-11(8-18)2-4-14(15)17/h2-7,20H,10H2,1H3. The van der Waals surface area contributed by atoms with E-state index < -0.39 is 0 Å². The summed E-state index contributed by atoms with van der Waals surface area (Å²) in [6.45, 7) is 0.493. The largest absolute Gasteiger partial charge is 0.495 e. The zero-order valence-corrected chi connectivity index (χ0v) is 12.1. The van der Waals surface area contributed by atoms with E-state index in [1.807, 2.05) is 6.07 Å². The summed E-state index contributed by atoms with van der Waals surface area (Å²) in [5, 5.41) is 21.7. The minimum atomic E-state index is 0.480. The Balaban J connectivity index is 2.17. The molecule has 104 valence electrons. The average Bonchev–Trinajstić information content (AvgIpc) is 2.53. The second-order valence-corrected chi connectivity index (χ2v) is 4.71. The Labute approximate surface area is 128 Å². The quantitative estimate of drug-likeness (QED) is 0.934. The van der Waals surface area contributed by atoms with Gasteiger partial charge in [-0.3, -0.25) is 0 Å². The van der Waals surface area contributed by atoms with Gasteiger partial charge in [0.05, 0.1) is 35.0 Å². The first-order valence-corrected chi connectivity index (χ1v) is 6.56. The van der Waals surface area contributed by atoms with Crippen molar-refractivity contribution in [2.45, 2.75) is 6.54 Å². The molecule has 0 aliphatic carbocycles. The molecule has 5 heteroatoms. The molecule has 2 aromatic rings. The van der Waals surface area contributed by atoms with Crippen LogP contribution in [-0.2, 0) is 6.54 Å². The molecule has 0 heterocycles. The highest BCUT2D eigenvalue weighted by molar-refractivity contribution is 6.33. The van der Waals surface area contributed by atoms with Crippen molar-refractivity contribution in [2.24, 2.45) is 0 Å². The van der Waals surface area contributed by atoms with Crippen LogP contribution in [0.15, 0.2) is 36.4 Å². The maximum atomic E-state index is 9.06. The third kappa shape index (κ3) is 3.45. The van der Waals surface area contributed by atoms with Crippen LogP contribution in [0.25, 0.3) is 0 Å². The number of hydrogen-bond acceptors (Lipinski definition) is 4. The van der Waals surface area contributed by atoms with Gasteiger partial charge in [0.2, 0.25) is 0 Å². The van der Waals surface area contributed by atoms with E-state index >= 15 is 0 Å². The van der Waals surface area contributed by atoms with Crippen LogP contribution in [0.1, 0.15) is 16.7 Å². The molecule has 1 N–H and O–H groups in total. The van der Waals surface area contributed by atoms with Crippen LogP contribution < -0.4 is 10.1 Å². The number of anilines is 1. The third-order valence-corrected chi connectivity index (χ3v) is 3.29. The SMILES string of the molecule is COc1ccc(CNc2cc(C#N)ccc2Cl)cc1C#N. The van der Waals surface area contributed by atoms with Gasteiger partial charge in [0, 0.05) is 6.54 Å². The van der Waals surface area contributed by atoms with E-state index in [1.165, 1.54) is 7.11 Å². The summed E-state index contributed by atoms with van der Waals surface area (Å²) in [6, 6.07) is 14.6. The maximum absolute atomic E-state index is 9.06. The molecule has 0 radical (unpaired) electrons. The number of nitriles is 2. The van der Waals surface area contributed by atoms with Crippen molar-refractivity contribution in [3.63, 3.8) is 0 Å². The molecule has 21 heavy (non-hydrogen) atoms. The molecule has 0 aliphatic rings. The fourth-order valence-electron chi connectivity index (χ4n) is 1.88. The van der Waals surface area contributed by atoms with E-state index in [-0.39, 0.29) is 0 Å². The summed E-state index contributed by atoms with van der Waals surface area (Å²) >= 11 is 6.08. The van der Waals surface area contributed by atoms with Crippen LogP contribution in [0, 0.1) is 22.7 Å². The fourth-order valence-corrected chi connectivity index (χ4v) is 2.06. The third-order valence-electron chi connectivity index (χ3n) is 2.96. The summed E-state index contributed by atoms with van der Waals surface area (Å²) < 4.78 is 5.10. The molecule has 4 nitrogen and oxygen atoms in total. The first-order valence-electron chi connectivity index (χ1n) is 6.18. The summed E-state index contributed by atoms with van der Waals surface area (Å²) in [5.74, 6) is 0.547. The Kier molecular flexibility index (Phi) is 4.66. The van der Waals surface area contributed by atoms with Gasteiger partial charge < -0.3 is 10.1 Å². The minimum Gasteiger partial charge on any atom is -0.495 e. The van der Waals surface area contributed by atoms with E-state index in [0.717, 1.165) is 5.56 Å². The topological polar surface area (TPSA) is 68.8 Å². The molecule has 0 aliphatic heterocycles. The van der Waals surface area contributed by atoms with Gasteiger partial charge in [-0.05, 0) is 35.9 Å². The van der Waals surface area contributed by atoms with Crippen molar-refractivity contribution < 1.29 is 4.74 Å². The number of ether oxygens (including phenoxy) is 1. The molecule has 0 fully saturated rings. The first kappa shape index (κ1) is 14.7. The minimum absolute atomic E-state index is 0.480. The Morgan fingerprint density at radius 2 is 1.95 bits per heavy atom. The van der Waals surface area contributed by atoms with Crippen LogP contribution in [0.2, 0.25) is 5.02 Å². The summed E-state index contributed by atoms with van der Waals surface area (Å²) in [7, 11) is 1.53. The smallest absolute Gasteiger partial charge is 0.136 e. The van der Waals surface area contributed by atoms with Gasteiger partial charge in [0.1, 0.15) is 11.8 Å². The number of benzene rings is 2. The zero-order valence-electron chi connectivity index (χ0n) is 11.4. The molecular weight excluding hydrogens is 286 g/mol. The predicted octanol–water partition coefficient (Wildman–Crippen LogP) is 3.70. The van der Waals surface area contributed by atoms with Crippen molar-refractivity contribution in [1.82, 2.24) is 0 Å². The second-order valence-electron chi connectivity index (χ2n) is 4.31. The number of methoxy groups -OCH3 is 1. The molecule has 0 saturated heterocycles. The molecule has 0 aromatic heterocycles. The first-order chi connectivity index (χ1) is 10.2. The van der Waals surface area contributed by atoms with Crippen molar-refractivity contribution in [3.8, 4) is 17.9 Å². The highest BCUT2D eigenvalue weighted by Gasteiger charge is 2.05. The van der Waals surface area contributed by atoms with Crippen LogP contribution in [-0.4, -0.2) is 7.11 Å². The number of nitrogens with one attached hydrogen (secondary N) is 1. The van der Waals surface area contributed by atoms with Gasteiger partial charge in [-0.15, -0.1) is 0 Å². The van der Waals surface area contributed by atoms with Crippen molar-refractivity contribution >= 4 is 17.3 Å². The van der Waals surface area contributed by atoms with Gasteiger partial charge in [-0.25, -0.2) is 0 Å².